The van der Waals surface area contributed by atoms with Gasteiger partial charge < -0.3 is 10.3 Å². The van der Waals surface area contributed by atoms with Crippen LogP contribution in [0.5, 0.6) is 0 Å². The third-order valence-corrected chi connectivity index (χ3v) is 2.63. The molecule has 0 saturated carbocycles. The summed E-state index contributed by atoms with van der Waals surface area (Å²) in [6, 6.07) is 4.92. The van der Waals surface area contributed by atoms with Gasteiger partial charge in [-0.05, 0) is 18.2 Å². The molecule has 0 radical (unpaired) electrons. The number of benzene rings is 1. The van der Waals surface area contributed by atoms with Crippen LogP contribution < -0.4 is 5.73 Å². The third kappa shape index (κ3) is 2.44. The third-order valence-electron chi connectivity index (χ3n) is 2.14. The normalized spacial score (nSPS) is 11.8. The van der Waals surface area contributed by atoms with Gasteiger partial charge in [0.2, 0.25) is 0 Å². The summed E-state index contributed by atoms with van der Waals surface area (Å²) in [6.45, 7) is 0. The Balaban J connectivity index is 2.44. The van der Waals surface area contributed by atoms with Crippen molar-refractivity contribution in [3.8, 4) is 5.69 Å². The van der Waals surface area contributed by atoms with E-state index in [-0.39, 0.29) is 0 Å². The number of halogens is 4. The lowest BCUT2D eigenvalue weighted by Crippen LogP contribution is -2.05. The van der Waals surface area contributed by atoms with E-state index in [1.54, 1.807) is 18.2 Å². The van der Waals surface area contributed by atoms with Crippen LogP contribution in [0, 0.1) is 0 Å². The first-order valence-corrected chi connectivity index (χ1v) is 5.34. The smallest absolute Gasteiger partial charge is 0.397 e. The number of nitrogen functional groups attached to an aromatic ring is 1. The van der Waals surface area contributed by atoms with Gasteiger partial charge in [0, 0.05) is 10.7 Å². The molecular weight excluding hydrogens is 299 g/mol. The summed E-state index contributed by atoms with van der Waals surface area (Å²) < 4.78 is 39.1. The molecule has 0 bridgehead atoms. The molecule has 1 heterocycles. The summed E-state index contributed by atoms with van der Waals surface area (Å²) in [5.74, 6) is 0. The van der Waals surface area contributed by atoms with Gasteiger partial charge in [-0.1, -0.05) is 15.9 Å². The number of imidazole rings is 1. The van der Waals surface area contributed by atoms with Crippen LogP contribution in [0.15, 0.2) is 35.2 Å². The molecule has 0 aliphatic rings. The monoisotopic (exact) mass is 305 g/mol. The second kappa shape index (κ2) is 4.06. The van der Waals surface area contributed by atoms with Gasteiger partial charge in [0.15, 0.2) is 5.69 Å². The van der Waals surface area contributed by atoms with E-state index in [2.05, 4.69) is 20.9 Å². The highest BCUT2D eigenvalue weighted by molar-refractivity contribution is 9.10. The minimum absolute atomic E-state index is 0.366. The van der Waals surface area contributed by atoms with Gasteiger partial charge in [0.25, 0.3) is 0 Å². The average Bonchev–Trinajstić information content (AvgIpc) is 2.65. The molecule has 0 spiro atoms. The summed E-state index contributed by atoms with van der Waals surface area (Å²) in [6.07, 6.45) is -2.46. The lowest BCUT2D eigenvalue weighted by molar-refractivity contribution is -0.140. The zero-order valence-electron chi connectivity index (χ0n) is 8.37. The SMILES string of the molecule is Nc1cc(Br)ccc1-n1cnc(C(F)(F)F)c1. The first kappa shape index (κ1) is 12.0. The van der Waals surface area contributed by atoms with Crippen molar-refractivity contribution in [2.24, 2.45) is 0 Å². The number of nitrogens with two attached hydrogens (primary N) is 1. The first-order valence-electron chi connectivity index (χ1n) is 4.54. The van der Waals surface area contributed by atoms with Gasteiger partial charge in [-0.2, -0.15) is 13.2 Å². The van der Waals surface area contributed by atoms with Gasteiger partial charge in [-0.25, -0.2) is 4.98 Å². The number of rotatable bonds is 1. The Hall–Kier alpha value is -1.50. The molecule has 3 nitrogen and oxygen atoms in total. The zero-order chi connectivity index (χ0) is 12.6. The maximum atomic E-state index is 12.4. The average molecular weight is 306 g/mol. The second-order valence-electron chi connectivity index (χ2n) is 3.37. The van der Waals surface area contributed by atoms with E-state index in [9.17, 15) is 13.2 Å². The molecule has 2 rings (SSSR count). The van der Waals surface area contributed by atoms with Crippen molar-refractivity contribution in [2.75, 3.05) is 5.73 Å². The molecule has 90 valence electrons. The van der Waals surface area contributed by atoms with Gasteiger partial charge in [-0.15, -0.1) is 0 Å². The molecule has 1 aromatic carbocycles. The van der Waals surface area contributed by atoms with Crippen molar-refractivity contribution >= 4 is 21.6 Å². The van der Waals surface area contributed by atoms with Crippen molar-refractivity contribution in [1.29, 1.82) is 0 Å². The standard InChI is InChI=1S/C10H7BrF3N3/c11-6-1-2-8(7(15)3-6)17-4-9(16-5-17)10(12,13)14/h1-5H,15H2. The van der Waals surface area contributed by atoms with Crippen molar-refractivity contribution in [3.05, 3.63) is 40.9 Å². The largest absolute Gasteiger partial charge is 0.434 e. The molecule has 1 aromatic heterocycles. The van der Waals surface area contributed by atoms with Crippen LogP contribution in [-0.2, 0) is 6.18 Å². The molecule has 0 atom stereocenters. The molecule has 2 aromatic rings. The van der Waals surface area contributed by atoms with E-state index in [1.165, 1.54) is 4.57 Å². The summed E-state index contributed by atoms with van der Waals surface area (Å²) >= 11 is 3.22. The molecule has 0 aliphatic carbocycles. The van der Waals surface area contributed by atoms with Crippen LogP contribution in [-0.4, -0.2) is 9.55 Å². The van der Waals surface area contributed by atoms with Crippen LogP contribution in [0.4, 0.5) is 18.9 Å². The van der Waals surface area contributed by atoms with Crippen molar-refractivity contribution < 1.29 is 13.2 Å². The van der Waals surface area contributed by atoms with Gasteiger partial charge >= 0.3 is 6.18 Å². The Morgan fingerprint density at radius 2 is 2.00 bits per heavy atom. The van der Waals surface area contributed by atoms with Crippen molar-refractivity contribution in [1.82, 2.24) is 9.55 Å². The summed E-state index contributed by atoms with van der Waals surface area (Å²) in [7, 11) is 0. The number of hydrogen-bond donors (Lipinski definition) is 1. The van der Waals surface area contributed by atoms with E-state index in [4.69, 9.17) is 5.73 Å². The van der Waals surface area contributed by atoms with Crippen LogP contribution in [0.25, 0.3) is 5.69 Å². The number of alkyl halides is 3. The lowest BCUT2D eigenvalue weighted by atomic mass is 10.2. The molecule has 7 heteroatoms. The molecule has 17 heavy (non-hydrogen) atoms. The minimum Gasteiger partial charge on any atom is -0.397 e. The number of hydrogen-bond acceptors (Lipinski definition) is 2. The molecule has 0 fully saturated rings. The summed E-state index contributed by atoms with van der Waals surface area (Å²) in [5, 5.41) is 0. The van der Waals surface area contributed by atoms with Crippen LogP contribution in [0.3, 0.4) is 0 Å². The molecule has 0 saturated heterocycles. The maximum absolute atomic E-state index is 12.4. The second-order valence-corrected chi connectivity index (χ2v) is 4.28. The minimum atomic E-state index is -4.45. The highest BCUT2D eigenvalue weighted by Crippen LogP contribution is 2.29. The van der Waals surface area contributed by atoms with E-state index in [1.807, 2.05) is 0 Å². The number of anilines is 1. The summed E-state index contributed by atoms with van der Waals surface area (Å²) in [5.41, 5.74) is 5.59. The van der Waals surface area contributed by atoms with E-state index in [0.717, 1.165) is 17.0 Å². The topological polar surface area (TPSA) is 43.8 Å². The lowest BCUT2D eigenvalue weighted by Gasteiger charge is -2.06. The fraction of sp³-hybridized carbons (Fsp3) is 0.100. The highest BCUT2D eigenvalue weighted by atomic mass is 79.9. The molecule has 2 N–H and O–H groups in total. The predicted molar refractivity (Wildman–Crippen MR) is 60.7 cm³/mol. The fourth-order valence-electron chi connectivity index (χ4n) is 1.36. The van der Waals surface area contributed by atoms with Crippen molar-refractivity contribution in [2.45, 2.75) is 6.18 Å². The van der Waals surface area contributed by atoms with E-state index >= 15 is 0 Å². The Labute approximate surface area is 103 Å². The maximum Gasteiger partial charge on any atom is 0.434 e. The van der Waals surface area contributed by atoms with Gasteiger partial charge in [0.05, 0.1) is 17.7 Å². The summed E-state index contributed by atoms with van der Waals surface area (Å²) in [4.78, 5) is 3.30. The highest BCUT2D eigenvalue weighted by Gasteiger charge is 2.33. The number of aromatic nitrogens is 2. The predicted octanol–water partition coefficient (Wildman–Crippen LogP) is 3.24. The van der Waals surface area contributed by atoms with E-state index < -0.39 is 11.9 Å². The van der Waals surface area contributed by atoms with Crippen LogP contribution in [0.1, 0.15) is 5.69 Å². The molecular formula is C10H7BrF3N3. The Kier molecular flexibility index (Phi) is 2.86. The van der Waals surface area contributed by atoms with Gasteiger partial charge in [0.1, 0.15) is 0 Å². The van der Waals surface area contributed by atoms with Gasteiger partial charge in [-0.3, -0.25) is 0 Å². The fourth-order valence-corrected chi connectivity index (χ4v) is 1.74. The van der Waals surface area contributed by atoms with Crippen LogP contribution >= 0.6 is 15.9 Å². The molecule has 0 aliphatic heterocycles. The molecule has 0 amide bonds. The number of nitrogens with zero attached hydrogens (tertiary/aromatic N) is 2. The van der Waals surface area contributed by atoms with E-state index in [0.29, 0.717) is 11.4 Å². The zero-order valence-corrected chi connectivity index (χ0v) is 9.96. The Bertz CT molecular complexity index is 548. The first-order chi connectivity index (χ1) is 7.88. The van der Waals surface area contributed by atoms with Crippen molar-refractivity contribution in [3.63, 3.8) is 0 Å². The van der Waals surface area contributed by atoms with Crippen LogP contribution in [0.2, 0.25) is 0 Å². The quantitative estimate of drug-likeness (QED) is 0.822. The molecule has 0 unspecified atom stereocenters. The Morgan fingerprint density at radius 3 is 2.53 bits per heavy atom. The Morgan fingerprint density at radius 1 is 1.29 bits per heavy atom.